The molecule has 2 aromatic rings. The molecule has 1 aliphatic heterocycles. The van der Waals surface area contributed by atoms with Crippen molar-refractivity contribution < 1.29 is 14.3 Å². The summed E-state index contributed by atoms with van der Waals surface area (Å²) in [6.45, 7) is 3.61. The summed E-state index contributed by atoms with van der Waals surface area (Å²) in [5.41, 5.74) is 0.149. The first kappa shape index (κ1) is 24.3. The maximum Gasteiger partial charge on any atom is 0.275 e. The van der Waals surface area contributed by atoms with Crippen molar-refractivity contribution in [3.05, 3.63) is 41.4 Å². The monoisotopic (exact) mass is 478 g/mol. The average Bonchev–Trinajstić information content (AvgIpc) is 3.30. The van der Waals surface area contributed by atoms with Crippen LogP contribution < -0.4 is 20.3 Å². The van der Waals surface area contributed by atoms with Crippen LogP contribution in [0.15, 0.2) is 36.4 Å². The molecule has 0 radical (unpaired) electrons. The summed E-state index contributed by atoms with van der Waals surface area (Å²) in [6.07, 6.45) is 4.01. The minimum absolute atomic E-state index is 0. The van der Waals surface area contributed by atoms with Crippen molar-refractivity contribution in [2.75, 3.05) is 17.3 Å². The minimum Gasteiger partial charge on any atom is -0.459 e. The number of benzene rings is 1. The molecule has 2 unspecified atom stereocenters. The van der Waals surface area contributed by atoms with Crippen molar-refractivity contribution in [2.24, 2.45) is 5.92 Å². The zero-order valence-corrected chi connectivity index (χ0v) is 19.9. The van der Waals surface area contributed by atoms with Crippen molar-refractivity contribution >= 4 is 53.0 Å². The Morgan fingerprint density at radius 2 is 2.00 bits per heavy atom. The number of likely N-dealkylation sites (N-methyl/N-ethyl adjacent to an activating group) is 1. The number of anilines is 3. The second kappa shape index (κ2) is 9.65. The number of rotatable bonds is 5. The number of hydrogen-bond donors (Lipinski definition) is 2. The van der Waals surface area contributed by atoms with E-state index in [1.165, 1.54) is 0 Å². The van der Waals surface area contributed by atoms with Gasteiger partial charge in [0.2, 0.25) is 11.8 Å². The van der Waals surface area contributed by atoms with Gasteiger partial charge < -0.3 is 15.4 Å². The number of nitrogens with zero attached hydrogens (tertiary/aromatic N) is 2. The zero-order valence-electron chi connectivity index (χ0n) is 18.4. The molecule has 0 spiro atoms. The van der Waals surface area contributed by atoms with Gasteiger partial charge in [-0.05, 0) is 64.1 Å². The van der Waals surface area contributed by atoms with Crippen LogP contribution in [0.5, 0.6) is 5.88 Å². The number of nitrogens with one attached hydrogen (secondary N) is 2. The summed E-state index contributed by atoms with van der Waals surface area (Å²) in [5, 5.41) is 6.24. The fraction of sp³-hybridized carbons (Fsp3) is 0.435. The second-order valence-corrected chi connectivity index (χ2v) is 8.77. The fourth-order valence-electron chi connectivity index (χ4n) is 4.30. The van der Waals surface area contributed by atoms with E-state index < -0.39 is 5.60 Å². The van der Waals surface area contributed by atoms with Crippen LogP contribution in [0.2, 0.25) is 5.02 Å². The number of amides is 2. The number of carbonyl (C=O) groups excluding carboxylic acids is 2. The Morgan fingerprint density at radius 3 is 2.66 bits per heavy atom. The van der Waals surface area contributed by atoms with E-state index in [9.17, 15) is 9.59 Å². The van der Waals surface area contributed by atoms with Crippen molar-refractivity contribution in [3.63, 3.8) is 0 Å². The molecule has 1 saturated carbocycles. The largest absolute Gasteiger partial charge is 0.459 e. The van der Waals surface area contributed by atoms with Gasteiger partial charge in [-0.3, -0.25) is 14.5 Å². The van der Waals surface area contributed by atoms with Crippen LogP contribution in [0.4, 0.5) is 17.2 Å². The van der Waals surface area contributed by atoms with E-state index in [2.05, 4.69) is 15.6 Å². The quantitative estimate of drug-likeness (QED) is 0.649. The van der Waals surface area contributed by atoms with Gasteiger partial charge in [0.25, 0.3) is 5.91 Å². The summed E-state index contributed by atoms with van der Waals surface area (Å²) in [4.78, 5) is 32.2. The highest BCUT2D eigenvalue weighted by Gasteiger charge is 2.51. The maximum atomic E-state index is 13.8. The van der Waals surface area contributed by atoms with Crippen molar-refractivity contribution in [3.8, 4) is 5.88 Å². The molecule has 2 aliphatic rings. The first-order valence-electron chi connectivity index (χ1n) is 10.6. The van der Waals surface area contributed by atoms with Crippen molar-refractivity contribution in [1.29, 1.82) is 0 Å². The lowest BCUT2D eigenvalue weighted by molar-refractivity contribution is -0.138. The third kappa shape index (κ3) is 4.42. The molecule has 4 rings (SSSR count). The molecular weight excluding hydrogens is 451 g/mol. The third-order valence-corrected chi connectivity index (χ3v) is 6.53. The number of aromatic nitrogens is 1. The highest BCUT2D eigenvalue weighted by Crippen LogP contribution is 2.47. The fourth-order valence-corrected chi connectivity index (χ4v) is 4.48. The second-order valence-electron chi connectivity index (χ2n) is 8.33. The normalized spacial score (nSPS) is 21.4. The Kier molecular flexibility index (Phi) is 7.32. The number of fused-ring (bicyclic) bond motifs is 1. The van der Waals surface area contributed by atoms with E-state index in [1.807, 2.05) is 19.1 Å². The summed E-state index contributed by atoms with van der Waals surface area (Å²) in [5.74, 6) is 0.465. The van der Waals surface area contributed by atoms with E-state index >= 15 is 0 Å². The lowest BCUT2D eigenvalue weighted by Gasteiger charge is -2.43. The highest BCUT2D eigenvalue weighted by atomic mass is 35.5. The lowest BCUT2D eigenvalue weighted by atomic mass is 9.85. The summed E-state index contributed by atoms with van der Waals surface area (Å²) in [7, 11) is 1.72. The molecule has 0 bridgehead atoms. The molecule has 2 amide bonds. The zero-order chi connectivity index (χ0) is 22.2. The van der Waals surface area contributed by atoms with Crippen LogP contribution in [-0.4, -0.2) is 35.5 Å². The van der Waals surface area contributed by atoms with E-state index in [0.29, 0.717) is 28.1 Å². The summed E-state index contributed by atoms with van der Waals surface area (Å²) < 4.78 is 6.30. The standard InChI is InChI=1S/C23H27ClN4O3.ClH/c1-14(25-3)20(29)26-19-12-11-18-21(27-19)31-23(2,15-7-4-5-8-15)22(30)28(18)17-10-6-9-16(24)13-17;/h6,9-15,25H,4-5,7-8H2,1-3H3,(H,26,27,29);1H. The van der Waals surface area contributed by atoms with E-state index in [-0.39, 0.29) is 36.2 Å². The first-order chi connectivity index (χ1) is 14.8. The summed E-state index contributed by atoms with van der Waals surface area (Å²) >= 11 is 6.22. The van der Waals surface area contributed by atoms with Gasteiger partial charge in [-0.15, -0.1) is 12.4 Å². The molecule has 1 aliphatic carbocycles. The van der Waals surface area contributed by atoms with Crippen LogP contribution >= 0.6 is 24.0 Å². The van der Waals surface area contributed by atoms with Crippen LogP contribution in [0.1, 0.15) is 39.5 Å². The predicted molar refractivity (Wildman–Crippen MR) is 128 cm³/mol. The van der Waals surface area contributed by atoms with Gasteiger partial charge in [0.05, 0.1) is 11.7 Å². The van der Waals surface area contributed by atoms with Crippen LogP contribution in [0.3, 0.4) is 0 Å². The van der Waals surface area contributed by atoms with E-state index in [0.717, 1.165) is 25.7 Å². The molecule has 2 heterocycles. The topological polar surface area (TPSA) is 83.6 Å². The Labute approximate surface area is 199 Å². The Morgan fingerprint density at radius 1 is 1.28 bits per heavy atom. The maximum absolute atomic E-state index is 13.8. The first-order valence-corrected chi connectivity index (χ1v) is 11.0. The van der Waals surface area contributed by atoms with Crippen LogP contribution in [0, 0.1) is 5.92 Å². The molecule has 1 aromatic carbocycles. The van der Waals surface area contributed by atoms with Gasteiger partial charge in [-0.2, -0.15) is 4.98 Å². The van der Waals surface area contributed by atoms with Crippen molar-refractivity contribution in [2.45, 2.75) is 51.2 Å². The molecule has 2 atom stereocenters. The van der Waals surface area contributed by atoms with Gasteiger partial charge in [-0.25, -0.2) is 0 Å². The SMILES string of the molecule is CNC(C)C(=O)Nc1ccc2c(n1)OC(C)(C1CCCC1)C(=O)N2c1cccc(Cl)c1.Cl. The van der Waals surface area contributed by atoms with E-state index in [4.69, 9.17) is 16.3 Å². The van der Waals surface area contributed by atoms with Gasteiger partial charge in [0.15, 0.2) is 5.60 Å². The minimum atomic E-state index is -1.04. The highest BCUT2D eigenvalue weighted by molar-refractivity contribution is 6.31. The molecule has 0 saturated heterocycles. The number of ether oxygens (including phenoxy) is 1. The molecule has 7 nitrogen and oxygen atoms in total. The van der Waals surface area contributed by atoms with Gasteiger partial charge in [0, 0.05) is 10.9 Å². The Hall–Kier alpha value is -2.35. The molecule has 1 aromatic heterocycles. The molecule has 172 valence electrons. The number of halogens is 2. The van der Waals surface area contributed by atoms with Gasteiger partial charge in [-0.1, -0.05) is 30.5 Å². The van der Waals surface area contributed by atoms with Gasteiger partial charge in [0.1, 0.15) is 11.5 Å². The molecule has 2 N–H and O–H groups in total. The number of pyridine rings is 1. The lowest BCUT2D eigenvalue weighted by Crippen LogP contribution is -2.56. The van der Waals surface area contributed by atoms with Crippen LogP contribution in [0.25, 0.3) is 0 Å². The molecule has 32 heavy (non-hydrogen) atoms. The third-order valence-electron chi connectivity index (χ3n) is 6.30. The smallest absolute Gasteiger partial charge is 0.275 e. The van der Waals surface area contributed by atoms with Crippen molar-refractivity contribution in [1.82, 2.24) is 10.3 Å². The average molecular weight is 479 g/mol. The number of hydrogen-bond acceptors (Lipinski definition) is 5. The van der Waals surface area contributed by atoms with Crippen LogP contribution in [-0.2, 0) is 9.59 Å². The molecule has 9 heteroatoms. The Bertz CT molecular complexity index is 1010. The van der Waals surface area contributed by atoms with E-state index in [1.54, 1.807) is 43.1 Å². The molecular formula is C23H28Cl2N4O3. The predicted octanol–water partition coefficient (Wildman–Crippen LogP) is 4.71. The van der Waals surface area contributed by atoms with Gasteiger partial charge >= 0.3 is 0 Å². The summed E-state index contributed by atoms with van der Waals surface area (Å²) in [6, 6.07) is 10.2. The number of carbonyl (C=O) groups is 2. The Balaban J connectivity index is 0.00000289. The molecule has 1 fully saturated rings.